The maximum Gasteiger partial charge on any atom is 0.188 e. The van der Waals surface area contributed by atoms with Crippen LogP contribution in [0.25, 0.3) is 0 Å². The Balaban J connectivity index is 2.03. The third-order valence-corrected chi connectivity index (χ3v) is 3.09. The SMILES string of the molecule is CN=C(N)NCC1(c2ccccc2)CC1. The maximum absolute atomic E-state index is 5.62. The Morgan fingerprint density at radius 2 is 2.07 bits per heavy atom. The van der Waals surface area contributed by atoms with E-state index >= 15 is 0 Å². The Kier molecular flexibility index (Phi) is 2.62. The molecule has 0 spiro atoms. The van der Waals surface area contributed by atoms with E-state index in [1.165, 1.54) is 18.4 Å². The van der Waals surface area contributed by atoms with Crippen LogP contribution in [0, 0.1) is 0 Å². The number of benzene rings is 1. The zero-order chi connectivity index (χ0) is 10.7. The minimum atomic E-state index is 0.302. The summed E-state index contributed by atoms with van der Waals surface area (Å²) in [6.45, 7) is 0.889. The molecule has 0 unspecified atom stereocenters. The molecule has 0 radical (unpaired) electrons. The van der Waals surface area contributed by atoms with E-state index in [1.54, 1.807) is 7.05 Å². The number of rotatable bonds is 3. The van der Waals surface area contributed by atoms with Gasteiger partial charge in [0.1, 0.15) is 0 Å². The Morgan fingerprint density at radius 1 is 1.40 bits per heavy atom. The predicted octanol–water partition coefficient (Wildman–Crippen LogP) is 1.25. The van der Waals surface area contributed by atoms with E-state index in [0.29, 0.717) is 11.4 Å². The van der Waals surface area contributed by atoms with Crippen LogP contribution in [0.2, 0.25) is 0 Å². The fraction of sp³-hybridized carbons (Fsp3) is 0.417. The van der Waals surface area contributed by atoms with Gasteiger partial charge < -0.3 is 11.1 Å². The second-order valence-electron chi connectivity index (χ2n) is 4.11. The van der Waals surface area contributed by atoms with E-state index in [0.717, 1.165) is 6.54 Å². The van der Waals surface area contributed by atoms with Gasteiger partial charge in [0.25, 0.3) is 0 Å². The molecule has 1 aliphatic rings. The molecule has 0 aromatic heterocycles. The van der Waals surface area contributed by atoms with Crippen molar-refractivity contribution in [3.63, 3.8) is 0 Å². The summed E-state index contributed by atoms with van der Waals surface area (Å²) >= 11 is 0. The molecule has 1 aromatic carbocycles. The molecule has 15 heavy (non-hydrogen) atoms. The molecule has 1 fully saturated rings. The van der Waals surface area contributed by atoms with Crippen molar-refractivity contribution in [3.8, 4) is 0 Å². The normalized spacial score (nSPS) is 18.6. The molecule has 2 rings (SSSR count). The van der Waals surface area contributed by atoms with Crippen LogP contribution >= 0.6 is 0 Å². The summed E-state index contributed by atoms with van der Waals surface area (Å²) in [5.41, 5.74) is 7.33. The Labute approximate surface area is 90.4 Å². The number of aliphatic imine (C=N–C) groups is 1. The predicted molar refractivity (Wildman–Crippen MR) is 62.9 cm³/mol. The molecular weight excluding hydrogens is 186 g/mol. The molecular formula is C12H17N3. The lowest BCUT2D eigenvalue weighted by molar-refractivity contribution is 0.656. The highest BCUT2D eigenvalue weighted by Gasteiger charge is 2.43. The van der Waals surface area contributed by atoms with Gasteiger partial charge >= 0.3 is 0 Å². The molecule has 3 heteroatoms. The number of nitrogens with zero attached hydrogens (tertiary/aromatic N) is 1. The molecule has 3 nitrogen and oxygen atoms in total. The zero-order valence-corrected chi connectivity index (χ0v) is 9.03. The van der Waals surface area contributed by atoms with Crippen molar-refractivity contribution in [1.29, 1.82) is 0 Å². The van der Waals surface area contributed by atoms with E-state index < -0.39 is 0 Å². The van der Waals surface area contributed by atoms with Gasteiger partial charge in [-0.3, -0.25) is 4.99 Å². The van der Waals surface area contributed by atoms with Gasteiger partial charge in [0.05, 0.1) is 0 Å². The smallest absolute Gasteiger partial charge is 0.188 e. The second-order valence-corrected chi connectivity index (χ2v) is 4.11. The van der Waals surface area contributed by atoms with Gasteiger partial charge in [-0.2, -0.15) is 0 Å². The largest absolute Gasteiger partial charge is 0.370 e. The molecule has 0 amide bonds. The molecule has 1 aliphatic carbocycles. The first-order chi connectivity index (χ1) is 7.27. The Bertz CT molecular complexity index is 352. The second kappa shape index (κ2) is 3.93. The lowest BCUT2D eigenvalue weighted by atomic mass is 9.96. The Morgan fingerprint density at radius 3 is 2.60 bits per heavy atom. The van der Waals surface area contributed by atoms with Gasteiger partial charge in [-0.25, -0.2) is 0 Å². The first-order valence-corrected chi connectivity index (χ1v) is 5.28. The summed E-state index contributed by atoms with van der Waals surface area (Å²) in [7, 11) is 1.70. The average molecular weight is 203 g/mol. The first-order valence-electron chi connectivity index (χ1n) is 5.28. The molecule has 80 valence electrons. The van der Waals surface area contributed by atoms with Crippen molar-refractivity contribution in [2.75, 3.05) is 13.6 Å². The van der Waals surface area contributed by atoms with Crippen LogP contribution in [-0.4, -0.2) is 19.6 Å². The summed E-state index contributed by atoms with van der Waals surface area (Å²) in [6, 6.07) is 10.6. The fourth-order valence-corrected chi connectivity index (χ4v) is 1.85. The molecule has 0 atom stereocenters. The highest BCUT2D eigenvalue weighted by atomic mass is 15.1. The van der Waals surface area contributed by atoms with E-state index in [4.69, 9.17) is 5.73 Å². The number of guanidine groups is 1. The van der Waals surface area contributed by atoms with Crippen LogP contribution in [0.1, 0.15) is 18.4 Å². The fourth-order valence-electron chi connectivity index (χ4n) is 1.85. The van der Waals surface area contributed by atoms with Crippen LogP contribution in [0.4, 0.5) is 0 Å². The molecule has 1 saturated carbocycles. The van der Waals surface area contributed by atoms with Gasteiger partial charge in [0.15, 0.2) is 5.96 Å². The van der Waals surface area contributed by atoms with Crippen LogP contribution in [0.5, 0.6) is 0 Å². The molecule has 0 bridgehead atoms. The maximum atomic E-state index is 5.62. The van der Waals surface area contributed by atoms with Crippen LogP contribution in [0.3, 0.4) is 0 Å². The topological polar surface area (TPSA) is 50.4 Å². The van der Waals surface area contributed by atoms with Crippen molar-refractivity contribution in [2.24, 2.45) is 10.7 Å². The lowest BCUT2D eigenvalue weighted by Gasteiger charge is -2.16. The van der Waals surface area contributed by atoms with Crippen molar-refractivity contribution in [3.05, 3.63) is 35.9 Å². The van der Waals surface area contributed by atoms with Crippen LogP contribution < -0.4 is 11.1 Å². The molecule has 0 aliphatic heterocycles. The van der Waals surface area contributed by atoms with Gasteiger partial charge in [-0.15, -0.1) is 0 Å². The van der Waals surface area contributed by atoms with Gasteiger partial charge in [-0.05, 0) is 18.4 Å². The number of nitrogens with two attached hydrogens (primary N) is 1. The van der Waals surface area contributed by atoms with Crippen LogP contribution in [-0.2, 0) is 5.41 Å². The van der Waals surface area contributed by atoms with Gasteiger partial charge in [-0.1, -0.05) is 30.3 Å². The third-order valence-electron chi connectivity index (χ3n) is 3.09. The number of nitrogens with one attached hydrogen (secondary N) is 1. The minimum Gasteiger partial charge on any atom is -0.370 e. The number of hydrogen-bond acceptors (Lipinski definition) is 1. The molecule has 3 N–H and O–H groups in total. The monoisotopic (exact) mass is 203 g/mol. The van der Waals surface area contributed by atoms with Crippen LogP contribution in [0.15, 0.2) is 35.3 Å². The standard InChI is InChI=1S/C12H17N3/c1-14-11(13)15-9-12(7-8-12)10-5-3-2-4-6-10/h2-6H,7-9H2,1H3,(H3,13,14,15). The van der Waals surface area contributed by atoms with E-state index in [1.807, 2.05) is 0 Å². The van der Waals surface area contributed by atoms with Crippen molar-refractivity contribution in [1.82, 2.24) is 5.32 Å². The zero-order valence-electron chi connectivity index (χ0n) is 9.03. The van der Waals surface area contributed by atoms with E-state index in [-0.39, 0.29) is 0 Å². The quantitative estimate of drug-likeness (QED) is 0.574. The minimum absolute atomic E-state index is 0.302. The Hall–Kier alpha value is -1.51. The third kappa shape index (κ3) is 2.12. The van der Waals surface area contributed by atoms with Gasteiger partial charge in [0, 0.05) is 19.0 Å². The average Bonchev–Trinajstić information content (AvgIpc) is 3.08. The highest BCUT2D eigenvalue weighted by molar-refractivity contribution is 5.77. The molecule has 0 heterocycles. The van der Waals surface area contributed by atoms with Crippen molar-refractivity contribution < 1.29 is 0 Å². The number of hydrogen-bond donors (Lipinski definition) is 2. The molecule has 0 saturated heterocycles. The van der Waals surface area contributed by atoms with E-state index in [2.05, 4.69) is 40.6 Å². The molecule has 1 aromatic rings. The van der Waals surface area contributed by atoms with Crippen molar-refractivity contribution >= 4 is 5.96 Å². The summed E-state index contributed by atoms with van der Waals surface area (Å²) in [5.74, 6) is 0.525. The summed E-state index contributed by atoms with van der Waals surface area (Å²) in [5, 5.41) is 3.16. The first kappa shape index (κ1) is 10.0. The lowest BCUT2D eigenvalue weighted by Crippen LogP contribution is -2.37. The van der Waals surface area contributed by atoms with Gasteiger partial charge in [0.2, 0.25) is 0 Å². The summed E-state index contributed by atoms with van der Waals surface area (Å²) < 4.78 is 0. The van der Waals surface area contributed by atoms with E-state index in [9.17, 15) is 0 Å². The highest BCUT2D eigenvalue weighted by Crippen LogP contribution is 2.47. The summed E-state index contributed by atoms with van der Waals surface area (Å²) in [6.07, 6.45) is 2.47. The summed E-state index contributed by atoms with van der Waals surface area (Å²) in [4.78, 5) is 3.90. The van der Waals surface area contributed by atoms with Crippen molar-refractivity contribution in [2.45, 2.75) is 18.3 Å².